The minimum Gasteiger partial charge on any atom is -0.492 e. The monoisotopic (exact) mass is 485 g/mol. The number of primary amides is 1. The molecule has 0 atom stereocenters. The number of benzene rings is 1. The number of halogens is 3. The van der Waals surface area contributed by atoms with Gasteiger partial charge in [-0.05, 0) is 54.8 Å². The quantitative estimate of drug-likeness (QED) is 0.333. The van der Waals surface area contributed by atoms with Crippen LogP contribution in [0.2, 0.25) is 0 Å². The third-order valence-electron chi connectivity index (χ3n) is 3.69. The average Bonchev–Trinajstić information content (AvgIpc) is 2.88. The number of rotatable bonds is 8. The Kier molecular flexibility index (Phi) is 6.82. The van der Waals surface area contributed by atoms with E-state index in [0.29, 0.717) is 28.9 Å². The van der Waals surface area contributed by atoms with Crippen LogP contribution in [0.4, 0.5) is 8.78 Å². The molecule has 5 N–H and O–H groups in total. The largest absolute Gasteiger partial charge is 0.492 e. The zero-order valence-electron chi connectivity index (χ0n) is 14.5. The van der Waals surface area contributed by atoms with Crippen LogP contribution in [0.3, 0.4) is 0 Å². The molecule has 0 aliphatic heterocycles. The van der Waals surface area contributed by atoms with Gasteiger partial charge in [0.25, 0.3) is 0 Å². The maximum atomic E-state index is 14.2. The zero-order chi connectivity index (χ0) is 20.6. The molecule has 0 saturated heterocycles. The highest BCUT2D eigenvalue weighted by atomic mass is 79.9. The Labute approximate surface area is 168 Å². The van der Waals surface area contributed by atoms with Gasteiger partial charge in [-0.25, -0.2) is 0 Å². The Morgan fingerprint density at radius 3 is 2.52 bits per heavy atom. The Morgan fingerprint density at radius 2 is 2.00 bits per heavy atom. The predicted octanol–water partition coefficient (Wildman–Crippen LogP) is 4.04. The lowest BCUT2D eigenvalue weighted by atomic mass is 10.0. The van der Waals surface area contributed by atoms with Crippen molar-refractivity contribution < 1.29 is 33.2 Å². The van der Waals surface area contributed by atoms with Crippen molar-refractivity contribution in [3.05, 3.63) is 27.0 Å². The lowest BCUT2D eigenvalue weighted by Gasteiger charge is -2.17. The summed E-state index contributed by atoms with van der Waals surface area (Å²) >= 11 is 3.70. The van der Waals surface area contributed by atoms with E-state index in [0.717, 1.165) is 0 Å². The molecule has 27 heavy (non-hydrogen) atoms. The van der Waals surface area contributed by atoms with Crippen molar-refractivity contribution in [3.63, 3.8) is 0 Å². The topological polar surface area (TPSA) is 113 Å². The fraction of sp³-hybridized carbons (Fsp3) is 0.438. The number of nitrogens with two attached hydrogens (primary N) is 1. The maximum Gasteiger partial charge on any atom is 0.349 e. The van der Waals surface area contributed by atoms with Gasteiger partial charge in [0, 0.05) is 15.4 Å². The molecule has 0 radical (unpaired) electrons. The number of fused-ring (bicyclic) bond motifs is 1. The smallest absolute Gasteiger partial charge is 0.349 e. The average molecular weight is 486 g/mol. The number of hydrogen-bond acceptors (Lipinski definition) is 6. The summed E-state index contributed by atoms with van der Waals surface area (Å²) in [6.45, 7) is 3.51. The van der Waals surface area contributed by atoms with Gasteiger partial charge in [0.2, 0.25) is 14.3 Å². The first-order valence-electron chi connectivity index (χ1n) is 7.82. The highest BCUT2D eigenvalue weighted by Gasteiger charge is 2.45. The van der Waals surface area contributed by atoms with E-state index in [1.165, 1.54) is 12.1 Å². The van der Waals surface area contributed by atoms with Gasteiger partial charge >= 0.3 is 5.66 Å². The first-order valence-corrected chi connectivity index (χ1v) is 10.7. The van der Waals surface area contributed by atoms with Crippen molar-refractivity contribution in [1.29, 1.82) is 0 Å². The number of alkyl halides is 2. The van der Waals surface area contributed by atoms with E-state index >= 15 is 0 Å². The summed E-state index contributed by atoms with van der Waals surface area (Å²) in [5, 5.41) is 10.00. The molecule has 1 amide bonds. The first-order chi connectivity index (χ1) is 12.3. The molecule has 0 unspecified atom stereocenters. The SMILES string of the molecule is CC(C)(O)CCCOc1cc(C(N)=O)cc2c(Br)c(C(F)(F)P(O)O)sc12. The van der Waals surface area contributed by atoms with E-state index in [1.807, 2.05) is 0 Å². The third kappa shape index (κ3) is 5.13. The molecule has 6 nitrogen and oxygen atoms in total. The minimum atomic E-state index is -3.84. The van der Waals surface area contributed by atoms with Gasteiger partial charge in [-0.3, -0.25) is 4.79 Å². The first kappa shape index (κ1) is 22.4. The standard InChI is InChI=1S/C16H19BrF2NO5PS/c1-15(2,22)4-3-5-25-10-7-8(14(20)21)6-9-11(17)13(27-12(9)10)16(18,19)26(23)24/h6-7,22-24H,3-5H2,1-2H3,(H2,20,21). The van der Waals surface area contributed by atoms with Crippen LogP contribution in [0.25, 0.3) is 10.1 Å². The van der Waals surface area contributed by atoms with E-state index < -0.39 is 30.4 Å². The predicted molar refractivity (Wildman–Crippen MR) is 104 cm³/mol. The van der Waals surface area contributed by atoms with Crippen LogP contribution >= 0.6 is 35.6 Å². The van der Waals surface area contributed by atoms with Crippen LogP contribution in [0, 0.1) is 0 Å². The molecular weight excluding hydrogens is 467 g/mol. The summed E-state index contributed by atoms with van der Waals surface area (Å²) in [6, 6.07) is 2.71. The van der Waals surface area contributed by atoms with E-state index in [2.05, 4.69) is 15.9 Å². The molecule has 0 saturated carbocycles. The molecular formula is C16H19BrF2NO5PS. The molecule has 0 fully saturated rings. The van der Waals surface area contributed by atoms with Crippen molar-refractivity contribution >= 4 is 51.6 Å². The molecule has 1 heterocycles. The van der Waals surface area contributed by atoms with Crippen molar-refractivity contribution in [2.24, 2.45) is 5.73 Å². The number of aliphatic hydroxyl groups is 1. The highest BCUT2D eigenvalue weighted by Crippen LogP contribution is 2.58. The maximum absolute atomic E-state index is 14.2. The van der Waals surface area contributed by atoms with Crippen LogP contribution in [0.1, 0.15) is 41.9 Å². The van der Waals surface area contributed by atoms with Crippen LogP contribution in [-0.2, 0) is 5.66 Å². The second-order valence-corrected chi connectivity index (χ2v) is 9.51. The zero-order valence-corrected chi connectivity index (χ0v) is 17.8. The van der Waals surface area contributed by atoms with Gasteiger partial charge in [0.05, 0.1) is 21.8 Å². The molecule has 2 aromatic rings. The second-order valence-electron chi connectivity index (χ2n) is 6.56. The Morgan fingerprint density at radius 1 is 1.37 bits per heavy atom. The van der Waals surface area contributed by atoms with E-state index in [9.17, 15) is 18.7 Å². The molecule has 0 bridgehead atoms. The number of carbonyl (C=O) groups is 1. The summed E-state index contributed by atoms with van der Waals surface area (Å²) in [5.74, 6) is -0.568. The van der Waals surface area contributed by atoms with E-state index in [4.69, 9.17) is 20.3 Å². The van der Waals surface area contributed by atoms with E-state index in [-0.39, 0.29) is 27.8 Å². The minimum absolute atomic E-state index is 0.0486. The van der Waals surface area contributed by atoms with Crippen molar-refractivity contribution in [1.82, 2.24) is 0 Å². The van der Waals surface area contributed by atoms with Gasteiger partial charge < -0.3 is 25.4 Å². The third-order valence-corrected chi connectivity index (χ3v) is 6.95. The molecule has 11 heteroatoms. The summed E-state index contributed by atoms with van der Waals surface area (Å²) in [6.07, 6.45) is 0.961. The van der Waals surface area contributed by atoms with Crippen molar-refractivity contribution in [3.8, 4) is 5.75 Å². The van der Waals surface area contributed by atoms with Crippen LogP contribution in [0.15, 0.2) is 16.6 Å². The van der Waals surface area contributed by atoms with Crippen LogP contribution < -0.4 is 10.5 Å². The summed E-state index contributed by atoms with van der Waals surface area (Å²) in [5.41, 5.74) is 0.674. The molecule has 150 valence electrons. The number of carbonyl (C=O) groups excluding carboxylic acids is 1. The Balaban J connectivity index is 2.47. The number of ether oxygens (including phenoxy) is 1. The van der Waals surface area contributed by atoms with Gasteiger partial charge in [-0.15, -0.1) is 11.3 Å². The van der Waals surface area contributed by atoms with Gasteiger partial charge in [0.15, 0.2) is 0 Å². The Bertz CT molecular complexity index is 853. The van der Waals surface area contributed by atoms with Gasteiger partial charge in [-0.1, -0.05) is 0 Å². The molecule has 0 spiro atoms. The van der Waals surface area contributed by atoms with Crippen molar-refractivity contribution in [2.75, 3.05) is 6.61 Å². The highest BCUT2D eigenvalue weighted by molar-refractivity contribution is 9.10. The van der Waals surface area contributed by atoms with Crippen LogP contribution in [-0.4, -0.2) is 33.0 Å². The lowest BCUT2D eigenvalue weighted by Crippen LogP contribution is -2.19. The van der Waals surface area contributed by atoms with Gasteiger partial charge in [-0.2, -0.15) is 8.78 Å². The van der Waals surface area contributed by atoms with Gasteiger partial charge in [0.1, 0.15) is 5.75 Å². The Hall–Kier alpha value is -0.900. The normalized spacial score (nSPS) is 12.8. The summed E-state index contributed by atoms with van der Waals surface area (Å²) in [4.78, 5) is 29.1. The fourth-order valence-corrected chi connectivity index (χ4v) is 5.14. The summed E-state index contributed by atoms with van der Waals surface area (Å²) < 4.78 is 34.2. The molecule has 1 aromatic carbocycles. The molecule has 0 aliphatic rings. The second kappa shape index (κ2) is 8.23. The number of amides is 1. The van der Waals surface area contributed by atoms with Crippen molar-refractivity contribution in [2.45, 2.75) is 38.0 Å². The molecule has 2 rings (SSSR count). The summed E-state index contributed by atoms with van der Waals surface area (Å²) in [7, 11) is -3.54. The number of hydrogen-bond donors (Lipinski definition) is 4. The van der Waals surface area contributed by atoms with Crippen LogP contribution in [0.5, 0.6) is 5.75 Å². The molecule has 0 aliphatic carbocycles. The lowest BCUT2D eigenvalue weighted by molar-refractivity contribution is 0.0642. The number of thiophene rings is 1. The van der Waals surface area contributed by atoms with E-state index in [1.54, 1.807) is 13.8 Å². The molecule has 1 aromatic heterocycles. The fourth-order valence-electron chi connectivity index (χ4n) is 2.36.